The first kappa shape index (κ1) is 9.40. The van der Waals surface area contributed by atoms with Gasteiger partial charge in [-0.05, 0) is 0 Å². The Hall–Kier alpha value is -2.16. The van der Waals surface area contributed by atoms with Gasteiger partial charge in [0.15, 0.2) is 11.1 Å². The number of aryl methyl sites for hydroxylation is 2. The molecular weight excluding hydrogens is 192 g/mol. The fourth-order valence-electron chi connectivity index (χ4n) is 1.38. The van der Waals surface area contributed by atoms with Gasteiger partial charge in [0.2, 0.25) is 0 Å². The second kappa shape index (κ2) is 3.53. The Morgan fingerprint density at radius 3 is 3.00 bits per heavy atom. The average molecular weight is 202 g/mol. The zero-order chi connectivity index (χ0) is 10.8. The van der Waals surface area contributed by atoms with Gasteiger partial charge in [-0.15, -0.1) is 0 Å². The average Bonchev–Trinajstić information content (AvgIpc) is 2.64. The summed E-state index contributed by atoms with van der Waals surface area (Å²) in [5.41, 5.74) is 1.56. The second-order valence-electron chi connectivity index (χ2n) is 3.22. The van der Waals surface area contributed by atoms with E-state index in [-0.39, 0.29) is 0 Å². The Bertz CT molecular complexity index is 585. The first-order valence-corrected chi connectivity index (χ1v) is 4.52. The van der Waals surface area contributed by atoms with Gasteiger partial charge in [-0.3, -0.25) is 5.41 Å². The number of fused-ring (bicyclic) bond motifs is 1. The molecule has 0 radical (unpaired) electrons. The van der Waals surface area contributed by atoms with Crippen molar-refractivity contribution in [2.45, 2.75) is 13.0 Å². The summed E-state index contributed by atoms with van der Waals surface area (Å²) in [7, 11) is 1.75. The third kappa shape index (κ3) is 1.48. The third-order valence-corrected chi connectivity index (χ3v) is 2.20. The van der Waals surface area contributed by atoms with Gasteiger partial charge in [-0.1, -0.05) is 0 Å². The number of imidazole rings is 1. The molecule has 0 saturated heterocycles. The van der Waals surface area contributed by atoms with E-state index in [1.54, 1.807) is 28.8 Å². The van der Waals surface area contributed by atoms with Gasteiger partial charge in [0, 0.05) is 13.6 Å². The van der Waals surface area contributed by atoms with Gasteiger partial charge in [0.25, 0.3) is 0 Å². The van der Waals surface area contributed by atoms with Crippen molar-refractivity contribution in [2.75, 3.05) is 0 Å². The lowest BCUT2D eigenvalue weighted by atomic mass is 10.4. The summed E-state index contributed by atoms with van der Waals surface area (Å²) in [6.07, 6.45) is 3.61. The van der Waals surface area contributed by atoms with E-state index in [0.29, 0.717) is 29.6 Å². The highest BCUT2D eigenvalue weighted by atomic mass is 15.1. The molecule has 0 atom stereocenters. The topological polar surface area (TPSA) is 83.3 Å². The molecule has 2 aromatic rings. The molecule has 1 N–H and O–H groups in total. The highest BCUT2D eigenvalue weighted by Crippen LogP contribution is 2.04. The van der Waals surface area contributed by atoms with Crippen LogP contribution in [0.4, 0.5) is 0 Å². The quantitative estimate of drug-likeness (QED) is 0.753. The Morgan fingerprint density at radius 1 is 1.47 bits per heavy atom. The van der Waals surface area contributed by atoms with Crippen LogP contribution in [0.15, 0.2) is 12.7 Å². The standard InChI is InChI=1S/C9H10N6/c1-14-5-13-9-7(8(14)11)12-6-15(9)4-2-3-10/h5-6,11H,2,4H2,1H3. The molecule has 0 aliphatic rings. The molecule has 0 aliphatic heterocycles. The van der Waals surface area contributed by atoms with Crippen LogP contribution in [-0.4, -0.2) is 19.1 Å². The molecule has 0 aliphatic carbocycles. The molecule has 15 heavy (non-hydrogen) atoms. The molecule has 0 amide bonds. The van der Waals surface area contributed by atoms with Crippen molar-refractivity contribution in [3.63, 3.8) is 0 Å². The van der Waals surface area contributed by atoms with Crippen molar-refractivity contribution >= 4 is 11.2 Å². The number of nitrogens with one attached hydrogen (secondary N) is 1. The largest absolute Gasteiger partial charge is 0.319 e. The first-order chi connectivity index (χ1) is 7.24. The maximum atomic E-state index is 8.49. The molecular formula is C9H10N6. The van der Waals surface area contributed by atoms with Gasteiger partial charge < -0.3 is 9.13 Å². The van der Waals surface area contributed by atoms with Crippen molar-refractivity contribution < 1.29 is 0 Å². The lowest BCUT2D eigenvalue weighted by Crippen LogP contribution is -2.17. The SMILES string of the molecule is Cn1cnc2c(ncn2CCC#N)c1=N. The molecule has 6 heteroatoms. The molecule has 2 rings (SSSR count). The Balaban J connectivity index is 2.58. The van der Waals surface area contributed by atoms with E-state index in [1.807, 2.05) is 0 Å². The van der Waals surface area contributed by atoms with Crippen LogP contribution in [-0.2, 0) is 13.6 Å². The molecule has 0 spiro atoms. The minimum absolute atomic E-state index is 0.329. The fourth-order valence-corrected chi connectivity index (χ4v) is 1.38. The van der Waals surface area contributed by atoms with Crippen LogP contribution in [0.3, 0.4) is 0 Å². The first-order valence-electron chi connectivity index (χ1n) is 4.52. The molecule has 2 aromatic heterocycles. The summed E-state index contributed by atoms with van der Waals surface area (Å²) in [4.78, 5) is 8.30. The Kier molecular flexibility index (Phi) is 2.21. The molecule has 0 aromatic carbocycles. The Labute approximate surface area is 85.9 Å². The zero-order valence-electron chi connectivity index (χ0n) is 8.30. The molecule has 0 fully saturated rings. The summed E-state index contributed by atoms with van der Waals surface area (Å²) < 4.78 is 3.39. The molecule has 0 unspecified atom stereocenters. The highest BCUT2D eigenvalue weighted by Gasteiger charge is 2.05. The van der Waals surface area contributed by atoms with E-state index >= 15 is 0 Å². The minimum Gasteiger partial charge on any atom is -0.319 e. The van der Waals surface area contributed by atoms with E-state index in [4.69, 9.17) is 10.7 Å². The van der Waals surface area contributed by atoms with Crippen molar-refractivity contribution in [2.24, 2.45) is 7.05 Å². The van der Waals surface area contributed by atoms with E-state index in [0.717, 1.165) is 0 Å². The van der Waals surface area contributed by atoms with Crippen LogP contribution in [0.25, 0.3) is 11.2 Å². The van der Waals surface area contributed by atoms with Gasteiger partial charge in [-0.2, -0.15) is 5.26 Å². The minimum atomic E-state index is 0.329. The number of aromatic nitrogens is 4. The lowest BCUT2D eigenvalue weighted by molar-refractivity contribution is 0.724. The van der Waals surface area contributed by atoms with Gasteiger partial charge in [-0.25, -0.2) is 9.97 Å². The summed E-state index contributed by atoms with van der Waals surface area (Å²) in [6.45, 7) is 0.563. The van der Waals surface area contributed by atoms with Gasteiger partial charge in [0.05, 0.1) is 25.1 Å². The fraction of sp³-hybridized carbons (Fsp3) is 0.333. The van der Waals surface area contributed by atoms with Crippen LogP contribution in [0.2, 0.25) is 0 Å². The molecule has 0 saturated carbocycles. The summed E-state index contributed by atoms with van der Waals surface area (Å²) in [5, 5.41) is 16.3. The van der Waals surface area contributed by atoms with Crippen LogP contribution < -0.4 is 5.49 Å². The highest BCUT2D eigenvalue weighted by molar-refractivity contribution is 5.68. The number of nitrogens with zero attached hydrogens (tertiary/aromatic N) is 5. The van der Waals surface area contributed by atoms with Crippen molar-refractivity contribution in [1.82, 2.24) is 19.1 Å². The van der Waals surface area contributed by atoms with E-state index in [2.05, 4.69) is 16.0 Å². The van der Waals surface area contributed by atoms with Crippen molar-refractivity contribution in [3.8, 4) is 6.07 Å². The van der Waals surface area contributed by atoms with Crippen LogP contribution in [0.5, 0.6) is 0 Å². The van der Waals surface area contributed by atoms with E-state index in [1.165, 1.54) is 0 Å². The molecule has 2 heterocycles. The smallest absolute Gasteiger partial charge is 0.165 e. The van der Waals surface area contributed by atoms with Crippen LogP contribution in [0, 0.1) is 16.7 Å². The van der Waals surface area contributed by atoms with Crippen molar-refractivity contribution in [1.29, 1.82) is 10.7 Å². The monoisotopic (exact) mass is 202 g/mol. The molecule has 0 bridgehead atoms. The normalized spacial score (nSPS) is 10.4. The summed E-state index contributed by atoms with van der Waals surface area (Å²) in [6, 6.07) is 2.07. The zero-order valence-corrected chi connectivity index (χ0v) is 8.30. The summed E-state index contributed by atoms with van der Waals surface area (Å²) in [5.74, 6) is 0. The maximum Gasteiger partial charge on any atom is 0.165 e. The maximum absolute atomic E-state index is 8.49. The second-order valence-corrected chi connectivity index (χ2v) is 3.22. The van der Waals surface area contributed by atoms with Gasteiger partial charge in [0.1, 0.15) is 5.52 Å². The molecule has 76 valence electrons. The third-order valence-electron chi connectivity index (χ3n) is 2.20. The summed E-state index contributed by atoms with van der Waals surface area (Å²) >= 11 is 0. The van der Waals surface area contributed by atoms with Crippen LogP contribution in [0.1, 0.15) is 6.42 Å². The van der Waals surface area contributed by atoms with E-state index < -0.39 is 0 Å². The number of rotatable bonds is 2. The Morgan fingerprint density at radius 2 is 2.27 bits per heavy atom. The number of nitriles is 1. The predicted octanol–water partition coefficient (Wildman–Crippen LogP) is 0.163. The number of hydrogen-bond acceptors (Lipinski definition) is 4. The predicted molar refractivity (Wildman–Crippen MR) is 52.6 cm³/mol. The van der Waals surface area contributed by atoms with E-state index in [9.17, 15) is 0 Å². The van der Waals surface area contributed by atoms with Crippen LogP contribution >= 0.6 is 0 Å². The number of hydrogen-bond donors (Lipinski definition) is 1. The van der Waals surface area contributed by atoms with Gasteiger partial charge >= 0.3 is 0 Å². The lowest BCUT2D eigenvalue weighted by Gasteiger charge is -2.00. The van der Waals surface area contributed by atoms with Crippen molar-refractivity contribution in [3.05, 3.63) is 18.1 Å². The molecule has 6 nitrogen and oxygen atoms in total.